The Bertz CT molecular complexity index is 2390. The third-order valence-corrected chi connectivity index (χ3v) is 8.71. The molecule has 0 saturated heterocycles. The minimum atomic E-state index is -5.17. The molecule has 16 nitrogen and oxygen atoms in total. The monoisotopic (exact) mass is 1080 g/mol. The van der Waals surface area contributed by atoms with Crippen molar-refractivity contribution in [3.8, 4) is 11.5 Å². The van der Waals surface area contributed by atoms with Gasteiger partial charge >= 0.3 is 69.2 Å². The van der Waals surface area contributed by atoms with Gasteiger partial charge in [-0.05, 0) is 82.9 Å². The molecule has 0 radical (unpaired) electrons. The van der Waals surface area contributed by atoms with Gasteiger partial charge in [0.25, 0.3) is 0 Å². The zero-order valence-corrected chi connectivity index (χ0v) is 43.1. The van der Waals surface area contributed by atoms with Crippen LogP contribution < -0.4 is 30.3 Å². The topological polar surface area (TPSA) is 283 Å². The molecule has 0 bridgehead atoms. The number of aromatic carboxylic acids is 2. The first-order valence-corrected chi connectivity index (χ1v) is 21.8. The van der Waals surface area contributed by atoms with Crippen molar-refractivity contribution in [2.75, 3.05) is 10.6 Å². The molecule has 0 aromatic heterocycles. The molecule has 0 amide bonds. The average molecular weight is 1090 g/mol. The summed E-state index contributed by atoms with van der Waals surface area (Å²) in [4.78, 5) is 21.6. The van der Waals surface area contributed by atoms with Crippen molar-refractivity contribution < 1.29 is 64.3 Å². The number of ether oxygens (including phenoxy) is 2. The summed E-state index contributed by atoms with van der Waals surface area (Å²) in [6, 6.07) is 44.7. The van der Waals surface area contributed by atoms with Crippen LogP contribution in [0.5, 0.6) is 11.5 Å². The zero-order valence-electron chi connectivity index (χ0n) is 34.1. The Balaban J connectivity index is 0.00000100. The maximum atomic E-state index is 10.8. The van der Waals surface area contributed by atoms with E-state index in [1.54, 1.807) is 24.3 Å². The van der Waals surface area contributed by atoms with E-state index in [0.717, 1.165) is 54.1 Å². The van der Waals surface area contributed by atoms with E-state index in [4.69, 9.17) is 44.5 Å². The van der Waals surface area contributed by atoms with E-state index in [9.17, 15) is 19.8 Å². The summed E-state index contributed by atoms with van der Waals surface area (Å²) in [6.07, 6.45) is 0. The molecule has 0 aliphatic heterocycles. The number of benzene rings is 6. The first-order valence-electron chi connectivity index (χ1n) is 17.6. The van der Waals surface area contributed by atoms with E-state index in [0.29, 0.717) is 26.3 Å². The van der Waals surface area contributed by atoms with Crippen LogP contribution in [0, 0.1) is 0 Å². The van der Waals surface area contributed by atoms with Gasteiger partial charge in [0.15, 0.2) is 0 Å². The molecular formula is C42H34Br2Mg3N2O14S2. The zero-order chi connectivity index (χ0) is 45.7. The molecular weight excluding hydrogens is 1050 g/mol. The molecule has 2 N–H and O–H groups in total. The summed E-state index contributed by atoms with van der Waals surface area (Å²) in [6.45, 7) is 2.09. The van der Waals surface area contributed by atoms with Crippen LogP contribution in [0.3, 0.4) is 0 Å². The molecule has 0 saturated carbocycles. The number of carboxylic acid groups (broad SMARTS) is 2. The Morgan fingerprint density at radius 3 is 1.05 bits per heavy atom. The molecule has 0 unspecified atom stereocenters. The maximum Gasteiger partial charge on any atom is 2.00 e. The van der Waals surface area contributed by atoms with Crippen molar-refractivity contribution in [3.63, 3.8) is 0 Å². The Hall–Kier alpha value is -3.54. The van der Waals surface area contributed by atoms with Crippen LogP contribution in [0.2, 0.25) is 0 Å². The summed E-state index contributed by atoms with van der Waals surface area (Å²) < 4.78 is 82.0. The van der Waals surface area contributed by atoms with E-state index in [-0.39, 0.29) is 80.3 Å². The van der Waals surface area contributed by atoms with Gasteiger partial charge in [0.1, 0.15) is 24.7 Å². The number of rotatable bonds is 14. The predicted octanol–water partition coefficient (Wildman–Crippen LogP) is 4.19. The standard InChI is InChI=1S/2C21H18BrNO3.3Mg.2H2O4S/c2*22-18-8-11-20(26-14-15-4-2-1-3-5-15)17(12-18)13-23-19-9-6-16(7-10-19)21(24)25;;;;2*1-5(2,3)4/h2*1-12,23H,13-14H2,(H,24,25);;;;2*(H2,1,2,3,4)/q;;3*+2;;/p-6. The minimum Gasteiger partial charge on any atom is -0.759 e. The molecule has 328 valence electrons. The van der Waals surface area contributed by atoms with Gasteiger partial charge in [0, 0.05) is 65.3 Å². The van der Waals surface area contributed by atoms with Gasteiger partial charge in [-0.25, -0.2) is 0 Å². The van der Waals surface area contributed by atoms with Gasteiger partial charge in [-0.2, -0.15) is 0 Å². The molecule has 0 aliphatic rings. The molecule has 0 atom stereocenters. The Morgan fingerprint density at radius 1 is 0.477 bits per heavy atom. The van der Waals surface area contributed by atoms with Crippen molar-refractivity contribution in [1.29, 1.82) is 0 Å². The fourth-order valence-electron chi connectivity index (χ4n) is 4.97. The first-order chi connectivity index (χ1) is 29.2. The number of carbonyl (C=O) groups is 2. The number of carbonyl (C=O) groups excluding carboxylic acids is 2. The Morgan fingerprint density at radius 2 is 0.769 bits per heavy atom. The fourth-order valence-corrected chi connectivity index (χ4v) is 5.78. The van der Waals surface area contributed by atoms with Crippen LogP contribution in [-0.2, 0) is 47.1 Å². The number of anilines is 2. The Labute approximate surface area is 441 Å². The maximum absolute atomic E-state index is 10.8. The van der Waals surface area contributed by atoms with Crippen LogP contribution in [0.4, 0.5) is 11.4 Å². The minimum absolute atomic E-state index is 0. The van der Waals surface area contributed by atoms with Crippen LogP contribution in [-0.4, -0.2) is 116 Å². The molecule has 6 rings (SSSR count). The van der Waals surface area contributed by atoms with Crippen molar-refractivity contribution in [3.05, 3.63) is 188 Å². The van der Waals surface area contributed by atoms with Crippen molar-refractivity contribution in [2.24, 2.45) is 0 Å². The van der Waals surface area contributed by atoms with E-state index in [1.807, 2.05) is 97.1 Å². The number of halogens is 2. The quantitative estimate of drug-likeness (QED) is 0.0879. The SMILES string of the molecule is O=C([O-])c1ccc(NCc2cc(Br)ccc2OCc2ccccc2)cc1.O=C([O-])c1ccc(NCc2cc(Br)ccc2OCc2ccccc2)cc1.O=S(=O)([O-])[O-].O=S(=O)([O-])[O-].[Mg+2].[Mg+2].[Mg+2]. The van der Waals surface area contributed by atoms with Gasteiger partial charge in [-0.1, -0.05) is 117 Å². The average Bonchev–Trinajstić information content (AvgIpc) is 3.21. The Kier molecular flexibility index (Phi) is 29.7. The van der Waals surface area contributed by atoms with E-state index in [1.165, 1.54) is 24.3 Å². The molecule has 6 aromatic carbocycles. The fraction of sp³-hybridized carbons (Fsp3) is 0.0952. The van der Waals surface area contributed by atoms with Crippen molar-refractivity contribution in [1.82, 2.24) is 0 Å². The molecule has 0 spiro atoms. The number of nitrogens with one attached hydrogen (secondary N) is 2. The van der Waals surface area contributed by atoms with Crippen molar-refractivity contribution in [2.45, 2.75) is 26.3 Å². The van der Waals surface area contributed by atoms with Gasteiger partial charge in [0.2, 0.25) is 0 Å². The largest absolute Gasteiger partial charge is 2.00 e. The van der Waals surface area contributed by atoms with E-state index in [2.05, 4.69) is 42.5 Å². The molecule has 65 heavy (non-hydrogen) atoms. The summed E-state index contributed by atoms with van der Waals surface area (Å²) in [7, 11) is -10.3. The van der Waals surface area contributed by atoms with Gasteiger partial charge in [-0.15, -0.1) is 0 Å². The molecule has 0 heterocycles. The summed E-state index contributed by atoms with van der Waals surface area (Å²) in [5.41, 5.74) is 6.17. The number of carboxylic acids is 2. The van der Waals surface area contributed by atoms with E-state index >= 15 is 0 Å². The number of hydrogen-bond acceptors (Lipinski definition) is 16. The predicted molar refractivity (Wildman–Crippen MR) is 244 cm³/mol. The second-order valence-corrected chi connectivity index (χ2v) is 15.8. The smallest absolute Gasteiger partial charge is 0.759 e. The van der Waals surface area contributed by atoms with Gasteiger partial charge in [-0.3, -0.25) is 16.8 Å². The van der Waals surface area contributed by atoms with Crippen LogP contribution in [0.1, 0.15) is 43.0 Å². The summed E-state index contributed by atoms with van der Waals surface area (Å²) in [5.74, 6) is -0.757. The first kappa shape index (κ1) is 61.5. The van der Waals surface area contributed by atoms with Crippen LogP contribution in [0.15, 0.2) is 155 Å². The van der Waals surface area contributed by atoms with E-state index < -0.39 is 32.7 Å². The van der Waals surface area contributed by atoms with Crippen LogP contribution >= 0.6 is 31.9 Å². The molecule has 23 heteroatoms. The second-order valence-electron chi connectivity index (χ2n) is 12.3. The molecule has 6 aromatic rings. The van der Waals surface area contributed by atoms with Gasteiger partial charge < -0.3 is 58.1 Å². The van der Waals surface area contributed by atoms with Gasteiger partial charge in [0.05, 0.1) is 11.9 Å². The summed E-state index contributed by atoms with van der Waals surface area (Å²) in [5, 5.41) is 28.2. The normalized spacial score (nSPS) is 10.1. The molecule has 0 fully saturated rings. The molecule has 0 aliphatic carbocycles. The third-order valence-electron chi connectivity index (χ3n) is 7.73. The number of hydrogen-bond donors (Lipinski definition) is 2. The second kappa shape index (κ2) is 31.4. The third kappa shape index (κ3) is 27.6. The summed E-state index contributed by atoms with van der Waals surface area (Å²) >= 11 is 6.98. The van der Waals surface area contributed by atoms with Crippen molar-refractivity contribution >= 4 is 145 Å². The van der Waals surface area contributed by atoms with Crippen LogP contribution in [0.25, 0.3) is 0 Å².